The highest BCUT2D eigenvalue weighted by Crippen LogP contribution is 2.21. The molecule has 0 fully saturated rings. The van der Waals surface area contributed by atoms with Crippen LogP contribution >= 0.6 is 0 Å². The fourth-order valence-corrected chi connectivity index (χ4v) is 5.33. The van der Waals surface area contributed by atoms with Gasteiger partial charge in [0.15, 0.2) is 0 Å². The molecule has 0 spiro atoms. The lowest BCUT2D eigenvalue weighted by Gasteiger charge is -2.09. The number of benzene rings is 2. The van der Waals surface area contributed by atoms with Gasteiger partial charge in [-0.15, -0.1) is 8.42 Å². The van der Waals surface area contributed by atoms with Gasteiger partial charge in [-0.3, -0.25) is 0 Å². The van der Waals surface area contributed by atoms with Crippen molar-refractivity contribution in [2.75, 3.05) is 0 Å². The van der Waals surface area contributed by atoms with Gasteiger partial charge in [0.2, 0.25) is 0 Å². The van der Waals surface area contributed by atoms with Crippen LogP contribution in [0.25, 0.3) is 0 Å². The van der Waals surface area contributed by atoms with Crippen LogP contribution < -0.4 is 8.37 Å². The van der Waals surface area contributed by atoms with Crippen molar-refractivity contribution in [2.45, 2.75) is 129 Å². The molecule has 4 nitrogen and oxygen atoms in total. The Balaban J connectivity index is 1.65. The molecule has 0 radical (unpaired) electrons. The Bertz CT molecular complexity index is 849. The summed E-state index contributed by atoms with van der Waals surface area (Å²) in [6.45, 7) is 4.49. The normalized spacial score (nSPS) is 11.5. The van der Waals surface area contributed by atoms with Gasteiger partial charge in [0.1, 0.15) is 11.5 Å². The van der Waals surface area contributed by atoms with Crippen LogP contribution in [0.3, 0.4) is 0 Å². The van der Waals surface area contributed by atoms with E-state index in [4.69, 9.17) is 8.37 Å². The number of unbranched alkanes of at least 4 members (excludes halogenated alkanes) is 14. The SMILES string of the molecule is CCCCCCCCCCc1ccc(OS(=O)(=O)Oc2ccc(CCCCCCCCCC)cc2)cc1. The Labute approximate surface area is 227 Å². The Kier molecular flexibility index (Phi) is 16.1. The minimum atomic E-state index is -4.18. The van der Waals surface area contributed by atoms with E-state index < -0.39 is 10.4 Å². The van der Waals surface area contributed by atoms with Crippen LogP contribution in [0.5, 0.6) is 11.5 Å². The van der Waals surface area contributed by atoms with E-state index in [-0.39, 0.29) is 11.5 Å². The van der Waals surface area contributed by atoms with Crippen LogP contribution in [0.1, 0.15) is 128 Å². The van der Waals surface area contributed by atoms with Gasteiger partial charge in [0.05, 0.1) is 0 Å². The van der Waals surface area contributed by atoms with E-state index in [1.54, 1.807) is 24.3 Å². The zero-order valence-electron chi connectivity index (χ0n) is 23.4. The molecule has 0 bridgehead atoms. The van der Waals surface area contributed by atoms with Crippen LogP contribution in [0.15, 0.2) is 48.5 Å². The van der Waals surface area contributed by atoms with E-state index in [1.165, 1.54) is 101 Å². The first-order valence-corrected chi connectivity index (χ1v) is 16.2. The number of rotatable bonds is 22. The number of hydrogen-bond donors (Lipinski definition) is 0. The summed E-state index contributed by atoms with van der Waals surface area (Å²) in [5.74, 6) is 0.539. The monoisotopic (exact) mass is 530 g/mol. The molecular weight excluding hydrogens is 480 g/mol. The molecule has 0 atom stereocenters. The maximum absolute atomic E-state index is 12.4. The highest BCUT2D eigenvalue weighted by Gasteiger charge is 2.16. The van der Waals surface area contributed by atoms with Crippen LogP contribution in [0, 0.1) is 0 Å². The Morgan fingerprint density at radius 1 is 0.459 bits per heavy atom. The van der Waals surface area contributed by atoms with E-state index in [0.717, 1.165) is 25.7 Å². The molecule has 0 saturated carbocycles. The maximum Gasteiger partial charge on any atom is 0.500 e. The number of aryl methyl sites for hydroxylation is 2. The molecular formula is C32H50O4S. The second-order valence-corrected chi connectivity index (χ2v) is 11.5. The molecule has 0 heterocycles. The minimum Gasteiger partial charge on any atom is -0.353 e. The summed E-state index contributed by atoms with van der Waals surface area (Å²) < 4.78 is 35.1. The van der Waals surface area contributed by atoms with Gasteiger partial charge >= 0.3 is 10.4 Å². The average molecular weight is 531 g/mol. The van der Waals surface area contributed by atoms with Gasteiger partial charge in [0.25, 0.3) is 0 Å². The summed E-state index contributed by atoms with van der Waals surface area (Å²) in [5, 5.41) is 0. The van der Waals surface area contributed by atoms with Gasteiger partial charge in [-0.1, -0.05) is 128 Å². The van der Waals surface area contributed by atoms with Crippen molar-refractivity contribution in [1.82, 2.24) is 0 Å². The fourth-order valence-electron chi connectivity index (χ4n) is 4.60. The first-order valence-electron chi connectivity index (χ1n) is 14.8. The van der Waals surface area contributed by atoms with Gasteiger partial charge in [-0.05, 0) is 61.1 Å². The summed E-state index contributed by atoms with van der Waals surface area (Å²) in [6, 6.07) is 14.6. The van der Waals surface area contributed by atoms with Gasteiger partial charge in [-0.2, -0.15) is 0 Å². The average Bonchev–Trinajstić information content (AvgIpc) is 2.89. The Morgan fingerprint density at radius 3 is 1.08 bits per heavy atom. The van der Waals surface area contributed by atoms with Crippen molar-refractivity contribution >= 4 is 10.4 Å². The van der Waals surface area contributed by atoms with E-state index in [1.807, 2.05) is 24.3 Å². The molecule has 5 heteroatoms. The molecule has 0 N–H and O–H groups in total. The van der Waals surface area contributed by atoms with Crippen molar-refractivity contribution in [3.63, 3.8) is 0 Å². The minimum absolute atomic E-state index is 0.269. The topological polar surface area (TPSA) is 52.6 Å². The first kappa shape index (κ1) is 31.2. The first-order chi connectivity index (χ1) is 18.0. The summed E-state index contributed by atoms with van der Waals surface area (Å²) >= 11 is 0. The summed E-state index contributed by atoms with van der Waals surface area (Å²) in [7, 11) is -4.18. The fraction of sp³-hybridized carbons (Fsp3) is 0.625. The smallest absolute Gasteiger partial charge is 0.353 e. The van der Waals surface area contributed by atoms with Gasteiger partial charge in [0, 0.05) is 0 Å². The van der Waals surface area contributed by atoms with Crippen LogP contribution in [0.4, 0.5) is 0 Å². The quantitative estimate of drug-likeness (QED) is 0.142. The van der Waals surface area contributed by atoms with Crippen molar-refractivity contribution in [2.24, 2.45) is 0 Å². The second-order valence-electron chi connectivity index (χ2n) is 10.3. The summed E-state index contributed by atoms with van der Waals surface area (Å²) in [6.07, 6.45) is 22.7. The van der Waals surface area contributed by atoms with E-state index in [2.05, 4.69) is 13.8 Å². The lowest BCUT2D eigenvalue weighted by Crippen LogP contribution is -2.16. The summed E-state index contributed by atoms with van der Waals surface area (Å²) in [5.41, 5.74) is 2.40. The third-order valence-electron chi connectivity index (χ3n) is 6.88. The van der Waals surface area contributed by atoms with E-state index >= 15 is 0 Å². The maximum atomic E-state index is 12.4. The van der Waals surface area contributed by atoms with Crippen LogP contribution in [-0.2, 0) is 23.2 Å². The van der Waals surface area contributed by atoms with Gasteiger partial charge in [-0.25, -0.2) is 0 Å². The van der Waals surface area contributed by atoms with Crippen molar-refractivity contribution < 1.29 is 16.8 Å². The molecule has 0 aromatic heterocycles. The zero-order chi connectivity index (χ0) is 26.6. The highest BCUT2D eigenvalue weighted by molar-refractivity contribution is 7.82. The lowest BCUT2D eigenvalue weighted by molar-refractivity contribution is 0.392. The third-order valence-corrected chi connectivity index (χ3v) is 7.67. The molecule has 2 aromatic carbocycles. The van der Waals surface area contributed by atoms with Crippen molar-refractivity contribution in [3.05, 3.63) is 59.7 Å². The molecule has 2 aromatic rings. The number of hydrogen-bond acceptors (Lipinski definition) is 4. The van der Waals surface area contributed by atoms with Crippen LogP contribution in [-0.4, -0.2) is 8.42 Å². The molecule has 0 aliphatic heterocycles. The van der Waals surface area contributed by atoms with Crippen molar-refractivity contribution in [3.8, 4) is 11.5 Å². The van der Waals surface area contributed by atoms with E-state index in [0.29, 0.717) is 0 Å². The van der Waals surface area contributed by atoms with E-state index in [9.17, 15) is 8.42 Å². The summed E-state index contributed by atoms with van der Waals surface area (Å²) in [4.78, 5) is 0. The molecule has 0 unspecified atom stereocenters. The second kappa shape index (κ2) is 19.1. The molecule has 0 aliphatic carbocycles. The van der Waals surface area contributed by atoms with Crippen molar-refractivity contribution in [1.29, 1.82) is 0 Å². The molecule has 0 amide bonds. The predicted molar refractivity (Wildman–Crippen MR) is 156 cm³/mol. The molecule has 208 valence electrons. The molecule has 2 rings (SSSR count). The zero-order valence-corrected chi connectivity index (χ0v) is 24.2. The predicted octanol–water partition coefficient (Wildman–Crippen LogP) is 9.76. The standard InChI is InChI=1S/C32H50O4S/c1-3-5-7-9-11-13-15-17-19-29-21-25-31(26-22-29)35-37(33,34)36-32-27-23-30(24-28-32)20-18-16-14-12-10-8-6-4-2/h21-28H,3-20H2,1-2H3. The highest BCUT2D eigenvalue weighted by atomic mass is 32.3. The van der Waals surface area contributed by atoms with Crippen LogP contribution in [0.2, 0.25) is 0 Å². The molecule has 0 saturated heterocycles. The lowest BCUT2D eigenvalue weighted by atomic mass is 10.0. The Hall–Kier alpha value is -2.01. The largest absolute Gasteiger partial charge is 0.500 e. The van der Waals surface area contributed by atoms with Gasteiger partial charge < -0.3 is 8.37 Å². The molecule has 0 aliphatic rings. The third kappa shape index (κ3) is 15.1. The molecule has 37 heavy (non-hydrogen) atoms. The Morgan fingerprint density at radius 2 is 0.757 bits per heavy atom.